The summed E-state index contributed by atoms with van der Waals surface area (Å²) in [5.41, 5.74) is 3.93. The maximum absolute atomic E-state index is 5.98. The van der Waals surface area contributed by atoms with Crippen molar-refractivity contribution in [2.24, 2.45) is 0 Å². The summed E-state index contributed by atoms with van der Waals surface area (Å²) in [6.45, 7) is 9.65. The molecule has 0 saturated heterocycles. The van der Waals surface area contributed by atoms with E-state index >= 15 is 0 Å². The number of methoxy groups -OCH3 is 4. The SMILES string of the molecule is CCCCOCCOCCOc1c(OC)cc(/C=C/c2ccc(/C=C/c3cc(OC)c(OCCOCCOCCCC)c(OC)c3)cc2)cc1OC. The van der Waals surface area contributed by atoms with Crippen LogP contribution in [-0.4, -0.2) is 94.5 Å². The summed E-state index contributed by atoms with van der Waals surface area (Å²) < 4.78 is 56.8. The predicted octanol–water partition coefficient (Wildman–Crippen LogP) is 8.49. The zero-order chi connectivity index (χ0) is 37.2. The van der Waals surface area contributed by atoms with Crippen molar-refractivity contribution >= 4 is 24.3 Å². The summed E-state index contributed by atoms with van der Waals surface area (Å²) in [5.74, 6) is 3.43. The molecule has 0 aromatic heterocycles. The molecule has 3 rings (SSSR count). The second-order valence-electron chi connectivity index (χ2n) is 11.7. The zero-order valence-corrected chi connectivity index (χ0v) is 31.9. The highest BCUT2D eigenvalue weighted by Gasteiger charge is 2.15. The van der Waals surface area contributed by atoms with E-state index in [0.717, 1.165) is 61.2 Å². The largest absolute Gasteiger partial charge is 0.493 e. The average molecular weight is 723 g/mol. The van der Waals surface area contributed by atoms with Gasteiger partial charge in [-0.15, -0.1) is 0 Å². The maximum atomic E-state index is 5.98. The molecule has 0 unspecified atom stereocenters. The van der Waals surface area contributed by atoms with Crippen molar-refractivity contribution in [3.63, 3.8) is 0 Å². The first kappa shape index (κ1) is 42.2. The molecule has 0 heterocycles. The predicted molar refractivity (Wildman–Crippen MR) is 207 cm³/mol. The number of ether oxygens (including phenoxy) is 10. The highest BCUT2D eigenvalue weighted by molar-refractivity contribution is 5.75. The molecule has 286 valence electrons. The van der Waals surface area contributed by atoms with E-state index in [9.17, 15) is 0 Å². The quantitative estimate of drug-likeness (QED) is 0.0537. The lowest BCUT2D eigenvalue weighted by Gasteiger charge is -2.15. The Morgan fingerprint density at radius 3 is 0.981 bits per heavy atom. The minimum Gasteiger partial charge on any atom is -0.493 e. The first-order valence-corrected chi connectivity index (χ1v) is 18.1. The van der Waals surface area contributed by atoms with Crippen LogP contribution in [0.25, 0.3) is 24.3 Å². The summed E-state index contributed by atoms with van der Waals surface area (Å²) in [7, 11) is 6.46. The van der Waals surface area contributed by atoms with Crippen LogP contribution in [0.3, 0.4) is 0 Å². The molecule has 10 nitrogen and oxygen atoms in total. The topological polar surface area (TPSA) is 92.3 Å². The fraction of sp³-hybridized carbons (Fsp3) is 0.476. The number of hydrogen-bond donors (Lipinski definition) is 0. The fourth-order valence-electron chi connectivity index (χ4n) is 4.92. The minimum absolute atomic E-state index is 0.366. The number of unbranched alkanes of at least 4 members (excludes halogenated alkanes) is 2. The summed E-state index contributed by atoms with van der Waals surface area (Å²) in [6.07, 6.45) is 12.5. The lowest BCUT2D eigenvalue weighted by atomic mass is 10.1. The third-order valence-electron chi connectivity index (χ3n) is 7.82. The van der Waals surface area contributed by atoms with Gasteiger partial charge in [-0.05, 0) is 59.4 Å². The number of hydrogen-bond acceptors (Lipinski definition) is 10. The van der Waals surface area contributed by atoms with Crippen LogP contribution < -0.4 is 28.4 Å². The number of benzene rings is 3. The van der Waals surface area contributed by atoms with Gasteiger partial charge in [0, 0.05) is 13.2 Å². The van der Waals surface area contributed by atoms with E-state index in [1.54, 1.807) is 28.4 Å². The standard InChI is InChI=1S/C42H58O10/c1-7-9-19-47-21-23-49-25-27-51-41-37(43-3)29-35(30-38(41)44-4)17-15-33-11-13-34(14-12-33)16-18-36-31-39(45-5)42(40(32-36)46-6)52-28-26-50-24-22-48-20-10-8-2/h11-18,29-32H,7-10,19-28H2,1-6H3/b17-15+,18-16+. The van der Waals surface area contributed by atoms with Gasteiger partial charge in [0.15, 0.2) is 23.0 Å². The van der Waals surface area contributed by atoms with E-state index in [0.29, 0.717) is 87.4 Å². The molecule has 0 aliphatic heterocycles. The Labute approximate surface area is 310 Å². The second-order valence-corrected chi connectivity index (χ2v) is 11.7. The Bertz CT molecular complexity index is 1310. The Hall–Kier alpha value is -4.22. The van der Waals surface area contributed by atoms with Gasteiger partial charge in [-0.25, -0.2) is 0 Å². The van der Waals surface area contributed by atoms with Crippen LogP contribution in [0.1, 0.15) is 61.8 Å². The van der Waals surface area contributed by atoms with Gasteiger partial charge in [0.05, 0.1) is 68.1 Å². The normalized spacial score (nSPS) is 11.3. The van der Waals surface area contributed by atoms with Crippen LogP contribution in [0, 0.1) is 0 Å². The molecule has 0 saturated carbocycles. The van der Waals surface area contributed by atoms with Crippen molar-refractivity contribution in [3.05, 3.63) is 70.8 Å². The Kier molecular flexibility index (Phi) is 20.8. The average Bonchev–Trinajstić information content (AvgIpc) is 3.18. The van der Waals surface area contributed by atoms with E-state index < -0.39 is 0 Å². The van der Waals surface area contributed by atoms with Crippen molar-refractivity contribution < 1.29 is 47.4 Å². The van der Waals surface area contributed by atoms with Gasteiger partial charge in [0.2, 0.25) is 11.5 Å². The summed E-state index contributed by atoms with van der Waals surface area (Å²) >= 11 is 0. The van der Waals surface area contributed by atoms with Crippen LogP contribution in [0.4, 0.5) is 0 Å². The van der Waals surface area contributed by atoms with Crippen LogP contribution >= 0.6 is 0 Å². The molecule has 0 aliphatic carbocycles. The molecule has 0 fully saturated rings. The molecular weight excluding hydrogens is 664 g/mol. The van der Waals surface area contributed by atoms with Gasteiger partial charge >= 0.3 is 0 Å². The van der Waals surface area contributed by atoms with Gasteiger partial charge in [0.25, 0.3) is 0 Å². The number of rotatable bonds is 28. The Balaban J connectivity index is 1.55. The monoisotopic (exact) mass is 722 g/mol. The smallest absolute Gasteiger partial charge is 0.203 e. The zero-order valence-electron chi connectivity index (χ0n) is 31.9. The third-order valence-corrected chi connectivity index (χ3v) is 7.82. The molecule has 10 heteroatoms. The molecule has 0 spiro atoms. The van der Waals surface area contributed by atoms with Crippen LogP contribution in [0.15, 0.2) is 48.5 Å². The van der Waals surface area contributed by atoms with E-state index in [2.05, 4.69) is 38.1 Å². The first-order chi connectivity index (χ1) is 25.6. The summed E-state index contributed by atoms with van der Waals surface area (Å²) in [4.78, 5) is 0. The van der Waals surface area contributed by atoms with Crippen LogP contribution in [0.2, 0.25) is 0 Å². The molecule has 0 amide bonds. The molecular formula is C42H58O10. The van der Waals surface area contributed by atoms with Crippen LogP contribution in [-0.2, 0) is 18.9 Å². The molecule has 0 atom stereocenters. The molecule has 0 bridgehead atoms. The van der Waals surface area contributed by atoms with Crippen molar-refractivity contribution in [3.8, 4) is 34.5 Å². The van der Waals surface area contributed by atoms with Crippen molar-refractivity contribution in [1.29, 1.82) is 0 Å². The van der Waals surface area contributed by atoms with Gasteiger partial charge < -0.3 is 47.4 Å². The van der Waals surface area contributed by atoms with Gasteiger partial charge in [-0.3, -0.25) is 0 Å². The van der Waals surface area contributed by atoms with E-state index in [-0.39, 0.29) is 0 Å². The van der Waals surface area contributed by atoms with Gasteiger partial charge in [-0.1, -0.05) is 75.3 Å². The third kappa shape index (κ3) is 15.2. The van der Waals surface area contributed by atoms with Gasteiger partial charge in [0.1, 0.15) is 13.2 Å². The Morgan fingerprint density at radius 2 is 0.673 bits per heavy atom. The van der Waals surface area contributed by atoms with Crippen molar-refractivity contribution in [1.82, 2.24) is 0 Å². The lowest BCUT2D eigenvalue weighted by molar-refractivity contribution is 0.0350. The van der Waals surface area contributed by atoms with Crippen molar-refractivity contribution in [2.75, 3.05) is 94.5 Å². The molecule has 3 aromatic rings. The Morgan fingerprint density at radius 1 is 0.385 bits per heavy atom. The highest BCUT2D eigenvalue weighted by Crippen LogP contribution is 2.40. The molecule has 3 aromatic carbocycles. The summed E-state index contributed by atoms with van der Waals surface area (Å²) in [6, 6.07) is 15.9. The highest BCUT2D eigenvalue weighted by atomic mass is 16.6. The molecule has 0 aliphatic rings. The second kappa shape index (κ2) is 25.7. The molecule has 0 N–H and O–H groups in total. The lowest BCUT2D eigenvalue weighted by Crippen LogP contribution is -2.12. The minimum atomic E-state index is 0.366. The maximum Gasteiger partial charge on any atom is 0.203 e. The van der Waals surface area contributed by atoms with Crippen molar-refractivity contribution in [2.45, 2.75) is 39.5 Å². The van der Waals surface area contributed by atoms with E-state index in [4.69, 9.17) is 47.4 Å². The van der Waals surface area contributed by atoms with E-state index in [1.165, 1.54) is 0 Å². The fourth-order valence-corrected chi connectivity index (χ4v) is 4.92. The molecule has 0 radical (unpaired) electrons. The van der Waals surface area contributed by atoms with Gasteiger partial charge in [-0.2, -0.15) is 0 Å². The first-order valence-electron chi connectivity index (χ1n) is 18.1. The summed E-state index contributed by atoms with van der Waals surface area (Å²) in [5, 5.41) is 0. The molecule has 52 heavy (non-hydrogen) atoms. The van der Waals surface area contributed by atoms with Crippen LogP contribution in [0.5, 0.6) is 34.5 Å². The van der Waals surface area contributed by atoms with E-state index in [1.807, 2.05) is 48.6 Å².